The number of hydrogen-bond donors (Lipinski definition) is 0. The van der Waals surface area contributed by atoms with Gasteiger partial charge in [0.15, 0.2) is 0 Å². The van der Waals surface area contributed by atoms with E-state index in [1.165, 1.54) is 0 Å². The average molecular weight is 424 g/mol. The molecule has 3 saturated carbocycles. The van der Waals surface area contributed by atoms with Crippen molar-refractivity contribution in [3.63, 3.8) is 0 Å². The fraction of sp³-hybridized carbons (Fsp3) is 0.455. The van der Waals surface area contributed by atoms with E-state index in [4.69, 9.17) is 0 Å². The van der Waals surface area contributed by atoms with E-state index in [0.29, 0.717) is 16.8 Å². The number of fused-ring (bicyclic) bond motifs is 1. The minimum atomic E-state index is -1.48. The summed E-state index contributed by atoms with van der Waals surface area (Å²) in [4.78, 5) is 12.6. The minimum absolute atomic E-state index is 0.0804. The predicted octanol–water partition coefficient (Wildman–Crippen LogP) is 2.94. The Bertz CT molecular complexity index is 1260. The van der Waals surface area contributed by atoms with E-state index in [2.05, 4.69) is 14.7 Å². The molecule has 7 nitrogen and oxygen atoms in total. The monoisotopic (exact) mass is 423 g/mol. The van der Waals surface area contributed by atoms with Gasteiger partial charge in [-0.3, -0.25) is 4.79 Å². The summed E-state index contributed by atoms with van der Waals surface area (Å²) in [6.45, 7) is 5.67. The Morgan fingerprint density at radius 2 is 1.93 bits per heavy atom. The molecule has 0 N–H and O–H groups in total. The Balaban J connectivity index is 1.69. The average Bonchev–Trinajstić information content (AvgIpc) is 3.08. The Morgan fingerprint density at radius 1 is 1.20 bits per heavy atom. The van der Waals surface area contributed by atoms with E-state index in [-0.39, 0.29) is 11.1 Å². The Kier molecular flexibility index (Phi) is 4.16. The lowest BCUT2D eigenvalue weighted by atomic mass is 9.50. The molecule has 1 atom stereocenters. The van der Waals surface area contributed by atoms with Crippen molar-refractivity contribution >= 4 is 27.5 Å². The molecular weight excluding hydrogens is 398 g/mol. The van der Waals surface area contributed by atoms with Crippen molar-refractivity contribution in [3.05, 3.63) is 58.3 Å². The van der Waals surface area contributed by atoms with Gasteiger partial charge in [-0.05, 0) is 63.5 Å². The van der Waals surface area contributed by atoms with Gasteiger partial charge in [0.25, 0.3) is 5.56 Å². The third kappa shape index (κ3) is 2.88. The molecule has 3 aliphatic carbocycles. The number of nitrogens with zero attached hydrogens (tertiary/aromatic N) is 5. The first-order valence-corrected chi connectivity index (χ1v) is 11.3. The van der Waals surface area contributed by atoms with Crippen LogP contribution in [0.1, 0.15) is 51.3 Å². The van der Waals surface area contributed by atoms with Crippen LogP contribution in [0.15, 0.2) is 45.9 Å². The Labute approximate surface area is 177 Å². The van der Waals surface area contributed by atoms with Gasteiger partial charge in [-0.15, -0.1) is 5.10 Å². The van der Waals surface area contributed by atoms with Crippen LogP contribution in [0.2, 0.25) is 0 Å². The molecule has 3 fully saturated rings. The van der Waals surface area contributed by atoms with E-state index >= 15 is 0 Å². The highest BCUT2D eigenvalue weighted by molar-refractivity contribution is 7.85. The van der Waals surface area contributed by atoms with Gasteiger partial charge in [0.05, 0.1) is 16.5 Å². The van der Waals surface area contributed by atoms with Gasteiger partial charge in [-0.2, -0.15) is 4.40 Å². The molecule has 2 heterocycles. The maximum Gasteiger partial charge on any atom is 0.258 e. The van der Waals surface area contributed by atoms with Gasteiger partial charge in [0.2, 0.25) is 0 Å². The van der Waals surface area contributed by atoms with Crippen molar-refractivity contribution in [1.82, 2.24) is 19.6 Å². The van der Waals surface area contributed by atoms with Gasteiger partial charge >= 0.3 is 0 Å². The van der Waals surface area contributed by atoms with Crippen LogP contribution in [0, 0.1) is 5.92 Å². The molecule has 156 valence electrons. The zero-order valence-corrected chi connectivity index (χ0v) is 18.4. The highest BCUT2D eigenvalue weighted by Crippen LogP contribution is 2.61. The molecule has 30 heavy (non-hydrogen) atoms. The zero-order valence-electron chi connectivity index (χ0n) is 17.6. The summed E-state index contributed by atoms with van der Waals surface area (Å²) in [6.07, 6.45) is 7.13. The Morgan fingerprint density at radius 3 is 2.57 bits per heavy atom. The van der Waals surface area contributed by atoms with Crippen LogP contribution in [0.4, 0.5) is 0 Å². The number of aromatic nitrogens is 4. The quantitative estimate of drug-likeness (QED) is 0.604. The number of rotatable bonds is 4. The largest absolute Gasteiger partial charge is 0.318 e. The van der Waals surface area contributed by atoms with Crippen molar-refractivity contribution in [1.29, 1.82) is 0 Å². The maximum atomic E-state index is 13.0. The summed E-state index contributed by atoms with van der Waals surface area (Å²) in [5.74, 6) is 0.827. The van der Waals surface area contributed by atoms with E-state index in [1.807, 2.05) is 49.8 Å². The fourth-order valence-corrected chi connectivity index (χ4v) is 4.98. The molecule has 0 spiro atoms. The molecule has 1 aromatic carbocycles. The summed E-state index contributed by atoms with van der Waals surface area (Å²) in [5, 5.41) is 10.2. The molecule has 3 aliphatic rings. The number of aryl methyl sites for hydroxylation is 1. The second-order valence-corrected chi connectivity index (χ2v) is 11.5. The smallest absolute Gasteiger partial charge is 0.258 e. The van der Waals surface area contributed by atoms with Crippen LogP contribution in [0.25, 0.3) is 10.8 Å². The van der Waals surface area contributed by atoms with Crippen LogP contribution in [-0.2, 0) is 23.6 Å². The van der Waals surface area contributed by atoms with Gasteiger partial charge in [-0.1, -0.05) is 17.3 Å². The van der Waals surface area contributed by atoms with Crippen LogP contribution < -0.4 is 5.56 Å². The predicted molar refractivity (Wildman–Crippen MR) is 118 cm³/mol. The highest BCUT2D eigenvalue weighted by Gasteiger charge is 2.58. The summed E-state index contributed by atoms with van der Waals surface area (Å²) in [5.41, 5.74) is 1.87. The summed E-state index contributed by atoms with van der Waals surface area (Å²) < 4.78 is 20.6. The first-order valence-electron chi connectivity index (χ1n) is 10.2. The van der Waals surface area contributed by atoms with Crippen molar-refractivity contribution in [2.24, 2.45) is 17.4 Å². The molecule has 6 rings (SSSR count). The van der Waals surface area contributed by atoms with Crippen molar-refractivity contribution in [3.8, 4) is 0 Å². The Hall–Kier alpha value is -2.61. The molecule has 2 aromatic heterocycles. The van der Waals surface area contributed by atoms with E-state index in [9.17, 15) is 9.00 Å². The molecular formula is C22H25N5O2S. The molecule has 8 heteroatoms. The second-order valence-electron chi connectivity index (χ2n) is 9.55. The van der Waals surface area contributed by atoms with Crippen LogP contribution in [0.3, 0.4) is 0 Å². The van der Waals surface area contributed by atoms with Gasteiger partial charge < -0.3 is 4.57 Å². The maximum absolute atomic E-state index is 13.0. The third-order valence-electron chi connectivity index (χ3n) is 6.30. The topological polar surface area (TPSA) is 82.1 Å². The number of hydrogen-bond acceptors (Lipinski definition) is 4. The molecule has 0 saturated heterocycles. The molecule has 0 aliphatic heterocycles. The van der Waals surface area contributed by atoms with Crippen LogP contribution in [-0.4, -0.2) is 34.2 Å². The van der Waals surface area contributed by atoms with Gasteiger partial charge in [0.1, 0.15) is 22.4 Å². The molecule has 1 unspecified atom stereocenters. The van der Waals surface area contributed by atoms with Crippen molar-refractivity contribution < 1.29 is 4.21 Å². The SMILES string of the molecule is Cn1ccc2c(C(=NS(=O)C(C)(C)C)c3cn(C45CC(C4)C5)nn3)cccc2c1=O. The van der Waals surface area contributed by atoms with Crippen molar-refractivity contribution in [2.75, 3.05) is 0 Å². The third-order valence-corrected chi connectivity index (χ3v) is 7.70. The van der Waals surface area contributed by atoms with Gasteiger partial charge in [-0.25, -0.2) is 8.89 Å². The molecule has 0 radical (unpaired) electrons. The lowest BCUT2D eigenvalue weighted by Gasteiger charge is -2.61. The lowest BCUT2D eigenvalue weighted by Crippen LogP contribution is -2.59. The highest BCUT2D eigenvalue weighted by atomic mass is 32.2. The standard InChI is InChI=1S/C22H25N5O2S/c1-21(2,3)30(29)24-19(18-13-27(25-23-18)22-10-14(11-22)12-22)16-6-5-7-17-15(16)8-9-26(4)20(17)28/h5-9,13-14H,10-12H2,1-4H3. The zero-order chi connectivity index (χ0) is 21.3. The fourth-order valence-electron chi connectivity index (χ4n) is 4.35. The minimum Gasteiger partial charge on any atom is -0.318 e. The number of pyridine rings is 1. The molecule has 3 aromatic rings. The second kappa shape index (κ2) is 6.44. The normalized spacial score (nSPS) is 24.4. The van der Waals surface area contributed by atoms with Crippen molar-refractivity contribution in [2.45, 2.75) is 50.3 Å². The van der Waals surface area contributed by atoms with E-state index in [1.54, 1.807) is 23.9 Å². The summed E-state index contributed by atoms with van der Waals surface area (Å²) in [7, 11) is 0.246. The van der Waals surface area contributed by atoms with E-state index < -0.39 is 15.7 Å². The molecule has 0 amide bonds. The van der Waals surface area contributed by atoms with Crippen LogP contribution >= 0.6 is 0 Å². The summed E-state index contributed by atoms with van der Waals surface area (Å²) in [6, 6.07) is 7.44. The lowest BCUT2D eigenvalue weighted by molar-refractivity contribution is -0.0988. The number of benzene rings is 1. The van der Waals surface area contributed by atoms with Gasteiger partial charge in [0, 0.05) is 24.2 Å². The summed E-state index contributed by atoms with van der Waals surface area (Å²) >= 11 is 0. The first kappa shape index (κ1) is 19.4. The van der Waals surface area contributed by atoms with Crippen LogP contribution in [0.5, 0.6) is 0 Å². The van der Waals surface area contributed by atoms with E-state index in [0.717, 1.165) is 36.1 Å². The molecule has 2 bridgehead atoms. The first-order chi connectivity index (χ1) is 14.2.